The van der Waals surface area contributed by atoms with Crippen LogP contribution in [-0.4, -0.2) is 66.9 Å². The maximum atomic E-state index is 12.9. The number of aliphatic hydroxyl groups excluding tert-OH is 1. The van der Waals surface area contributed by atoms with Gasteiger partial charge in [-0.2, -0.15) is 0 Å². The number of aliphatic carboxylic acids is 1. The normalized spacial score (nSPS) is 12.5. The molecule has 0 aromatic heterocycles. The third-order valence-electron chi connectivity index (χ3n) is 4.44. The van der Waals surface area contributed by atoms with Crippen molar-refractivity contribution in [2.24, 2.45) is 0 Å². The molecule has 5 N–H and O–H groups in total. The van der Waals surface area contributed by atoms with Crippen LogP contribution in [0.1, 0.15) is 15.9 Å². The fourth-order valence-corrected chi connectivity index (χ4v) is 2.80. The fourth-order valence-electron chi connectivity index (χ4n) is 2.80. The molecule has 9 heteroatoms. The lowest BCUT2D eigenvalue weighted by atomic mass is 10.0. The van der Waals surface area contributed by atoms with Crippen molar-refractivity contribution in [2.45, 2.75) is 18.5 Å². The Balaban J connectivity index is 2.21. The number of amides is 2. The first-order valence-corrected chi connectivity index (χ1v) is 9.81. The van der Waals surface area contributed by atoms with Crippen molar-refractivity contribution in [3.8, 4) is 5.75 Å². The van der Waals surface area contributed by atoms with Crippen LogP contribution in [0.15, 0.2) is 54.6 Å². The molecule has 9 nitrogen and oxygen atoms in total. The molecule has 0 saturated carbocycles. The smallest absolute Gasteiger partial charge is 0.328 e. The van der Waals surface area contributed by atoms with E-state index in [-0.39, 0.29) is 12.0 Å². The average molecular weight is 429 g/mol. The van der Waals surface area contributed by atoms with Crippen LogP contribution in [0.2, 0.25) is 0 Å². The molecular formula is C22H27N3O6. The van der Waals surface area contributed by atoms with Crippen molar-refractivity contribution in [1.82, 2.24) is 16.0 Å². The summed E-state index contributed by atoms with van der Waals surface area (Å²) >= 11 is 0. The molecule has 2 atom stereocenters. The van der Waals surface area contributed by atoms with E-state index >= 15 is 0 Å². The summed E-state index contributed by atoms with van der Waals surface area (Å²) in [5.41, 5.74) is 1.03. The highest BCUT2D eigenvalue weighted by atomic mass is 16.5. The molecule has 0 spiro atoms. The highest BCUT2D eigenvalue weighted by molar-refractivity contribution is 6.00. The molecule has 0 fully saturated rings. The zero-order chi connectivity index (χ0) is 22.6. The zero-order valence-electron chi connectivity index (χ0n) is 17.2. The number of nitrogens with one attached hydrogen (secondary N) is 3. The second-order valence-electron chi connectivity index (χ2n) is 6.75. The Kier molecular flexibility index (Phi) is 9.47. The van der Waals surface area contributed by atoms with Crippen molar-refractivity contribution in [2.75, 3.05) is 26.8 Å². The summed E-state index contributed by atoms with van der Waals surface area (Å²) in [4.78, 5) is 36.9. The van der Waals surface area contributed by atoms with Gasteiger partial charge in [0, 0.05) is 13.0 Å². The standard InChI is InChI=1S/C22H27N3O6/c1-23-11-12-31-19-10-6-5-9-16(19)20(27)24-17(13-15-7-3-2-4-8-15)21(28)25-18(14-26)22(29)30/h2-10,17-18,23,26H,11-14H2,1H3,(H,24,27)(H,25,28)(H,29,30)/t17-,18-/m0/s1. The first-order valence-electron chi connectivity index (χ1n) is 9.81. The molecule has 0 aliphatic rings. The van der Waals surface area contributed by atoms with E-state index in [1.807, 2.05) is 6.07 Å². The second kappa shape index (κ2) is 12.3. The van der Waals surface area contributed by atoms with Crippen molar-refractivity contribution >= 4 is 17.8 Å². The van der Waals surface area contributed by atoms with Crippen LogP contribution in [0.5, 0.6) is 5.75 Å². The quantitative estimate of drug-likeness (QED) is 0.304. The number of carboxylic acids is 1. The topological polar surface area (TPSA) is 137 Å². The predicted octanol–water partition coefficient (Wildman–Crippen LogP) is 0.188. The molecule has 2 aromatic carbocycles. The van der Waals surface area contributed by atoms with Gasteiger partial charge in [-0.3, -0.25) is 9.59 Å². The van der Waals surface area contributed by atoms with E-state index < -0.39 is 36.5 Å². The molecule has 0 unspecified atom stereocenters. The number of hydrogen-bond acceptors (Lipinski definition) is 6. The molecule has 0 heterocycles. The van der Waals surface area contributed by atoms with E-state index in [2.05, 4.69) is 16.0 Å². The minimum absolute atomic E-state index is 0.138. The van der Waals surface area contributed by atoms with Gasteiger partial charge in [-0.15, -0.1) is 0 Å². The summed E-state index contributed by atoms with van der Waals surface area (Å²) in [6, 6.07) is 13.1. The van der Waals surface area contributed by atoms with Crippen molar-refractivity contribution in [3.05, 3.63) is 65.7 Å². The van der Waals surface area contributed by atoms with E-state index in [1.165, 1.54) is 0 Å². The molecule has 2 rings (SSSR count). The SMILES string of the molecule is CNCCOc1ccccc1C(=O)N[C@@H](Cc1ccccc1)C(=O)N[C@@H](CO)C(=O)O. The lowest BCUT2D eigenvalue weighted by molar-refractivity contribution is -0.143. The predicted molar refractivity (Wildman–Crippen MR) is 114 cm³/mol. The first-order chi connectivity index (χ1) is 15.0. The van der Waals surface area contributed by atoms with Gasteiger partial charge in [0.25, 0.3) is 5.91 Å². The number of ether oxygens (including phenoxy) is 1. The van der Waals surface area contributed by atoms with Gasteiger partial charge >= 0.3 is 5.97 Å². The summed E-state index contributed by atoms with van der Waals surface area (Å²) in [6.45, 7) is 0.174. The number of rotatable bonds is 12. The Morgan fingerprint density at radius 2 is 1.65 bits per heavy atom. The summed E-state index contributed by atoms with van der Waals surface area (Å²) in [5.74, 6) is -2.25. The van der Waals surface area contributed by atoms with E-state index in [4.69, 9.17) is 9.84 Å². The Hall–Kier alpha value is -3.43. The molecule has 0 aliphatic carbocycles. The van der Waals surface area contributed by atoms with Crippen LogP contribution >= 0.6 is 0 Å². The summed E-state index contributed by atoms with van der Waals surface area (Å²) < 4.78 is 5.64. The number of carbonyl (C=O) groups is 3. The van der Waals surface area contributed by atoms with Crippen molar-refractivity contribution in [1.29, 1.82) is 0 Å². The molecule has 31 heavy (non-hydrogen) atoms. The maximum absolute atomic E-state index is 12.9. The number of para-hydroxylation sites is 1. The third-order valence-corrected chi connectivity index (χ3v) is 4.44. The van der Waals surface area contributed by atoms with Gasteiger partial charge in [-0.05, 0) is 24.7 Å². The molecule has 0 aliphatic heterocycles. The van der Waals surface area contributed by atoms with Crippen LogP contribution in [0.4, 0.5) is 0 Å². The lowest BCUT2D eigenvalue weighted by Gasteiger charge is -2.21. The largest absolute Gasteiger partial charge is 0.491 e. The molecule has 0 saturated heterocycles. The van der Waals surface area contributed by atoms with E-state index in [1.54, 1.807) is 55.6 Å². The maximum Gasteiger partial charge on any atom is 0.328 e. The monoisotopic (exact) mass is 429 g/mol. The zero-order valence-corrected chi connectivity index (χ0v) is 17.2. The molecular weight excluding hydrogens is 402 g/mol. The Morgan fingerprint density at radius 1 is 0.968 bits per heavy atom. The van der Waals surface area contributed by atoms with E-state index in [9.17, 15) is 19.5 Å². The number of hydrogen-bond donors (Lipinski definition) is 5. The van der Waals surface area contributed by atoms with Crippen LogP contribution in [0.25, 0.3) is 0 Å². The van der Waals surface area contributed by atoms with Gasteiger partial charge in [-0.25, -0.2) is 4.79 Å². The minimum atomic E-state index is -1.47. The van der Waals surface area contributed by atoms with Gasteiger partial charge in [0.05, 0.1) is 12.2 Å². The molecule has 0 bridgehead atoms. The molecule has 0 radical (unpaired) electrons. The van der Waals surface area contributed by atoms with Crippen LogP contribution in [-0.2, 0) is 16.0 Å². The summed E-state index contributed by atoms with van der Waals surface area (Å²) in [7, 11) is 1.78. The van der Waals surface area contributed by atoms with Gasteiger partial charge in [0.1, 0.15) is 24.4 Å². The number of aliphatic hydroxyl groups is 1. The summed E-state index contributed by atoms with van der Waals surface area (Å²) in [6.07, 6.45) is 0.138. The van der Waals surface area contributed by atoms with Crippen LogP contribution < -0.4 is 20.7 Å². The minimum Gasteiger partial charge on any atom is -0.491 e. The highest BCUT2D eigenvalue weighted by Gasteiger charge is 2.27. The second-order valence-corrected chi connectivity index (χ2v) is 6.75. The van der Waals surface area contributed by atoms with Gasteiger partial charge < -0.3 is 30.9 Å². The van der Waals surface area contributed by atoms with Crippen LogP contribution in [0, 0.1) is 0 Å². The van der Waals surface area contributed by atoms with Crippen molar-refractivity contribution < 1.29 is 29.3 Å². The Labute approximate surface area is 180 Å². The number of carboxylic acid groups (broad SMARTS) is 1. The van der Waals surface area contributed by atoms with Gasteiger partial charge in [0.2, 0.25) is 5.91 Å². The molecule has 2 aromatic rings. The molecule has 2 amide bonds. The van der Waals surface area contributed by atoms with Gasteiger partial charge in [-0.1, -0.05) is 42.5 Å². The molecule has 166 valence electrons. The number of likely N-dealkylation sites (N-methyl/N-ethyl adjacent to an activating group) is 1. The van der Waals surface area contributed by atoms with Gasteiger partial charge in [0.15, 0.2) is 0 Å². The average Bonchev–Trinajstić information content (AvgIpc) is 2.77. The number of benzene rings is 2. The van der Waals surface area contributed by atoms with E-state index in [0.29, 0.717) is 18.9 Å². The van der Waals surface area contributed by atoms with Crippen LogP contribution in [0.3, 0.4) is 0 Å². The Morgan fingerprint density at radius 3 is 2.29 bits per heavy atom. The highest BCUT2D eigenvalue weighted by Crippen LogP contribution is 2.18. The Bertz CT molecular complexity index is 875. The van der Waals surface area contributed by atoms with E-state index in [0.717, 1.165) is 5.56 Å². The fraction of sp³-hybridized carbons (Fsp3) is 0.318. The lowest BCUT2D eigenvalue weighted by Crippen LogP contribution is -2.53. The first kappa shape index (κ1) is 23.8. The number of carbonyl (C=O) groups excluding carboxylic acids is 2. The third kappa shape index (κ3) is 7.40. The van der Waals surface area contributed by atoms with Crippen molar-refractivity contribution in [3.63, 3.8) is 0 Å². The summed E-state index contributed by atoms with van der Waals surface area (Å²) in [5, 5.41) is 26.2.